The number of nitrogens with one attached hydrogen (secondary N) is 1. The number of benzene rings is 1. The van der Waals surface area contributed by atoms with Gasteiger partial charge < -0.3 is 15.0 Å². The monoisotopic (exact) mass is 289 g/mol. The molecule has 2 unspecified atom stereocenters. The van der Waals surface area contributed by atoms with Crippen molar-refractivity contribution in [3.8, 4) is 0 Å². The zero-order chi connectivity index (χ0) is 15.5. The van der Waals surface area contributed by atoms with Crippen molar-refractivity contribution in [2.45, 2.75) is 52.1 Å². The van der Waals surface area contributed by atoms with Gasteiger partial charge in [-0.3, -0.25) is 0 Å². The van der Waals surface area contributed by atoms with E-state index < -0.39 is 0 Å². The quantitative estimate of drug-likeness (QED) is 0.824. The number of aliphatic hydroxyl groups is 1. The second kappa shape index (κ2) is 6.58. The van der Waals surface area contributed by atoms with Crippen LogP contribution in [0.5, 0.6) is 0 Å². The molecule has 2 aromatic rings. The van der Waals surface area contributed by atoms with Crippen LogP contribution in [0.25, 0.3) is 11.0 Å². The van der Waals surface area contributed by atoms with Gasteiger partial charge in [-0.05, 0) is 38.9 Å². The lowest BCUT2D eigenvalue weighted by Gasteiger charge is -2.32. The topological polar surface area (TPSA) is 50.1 Å². The number of nitrogens with zero attached hydrogens (tertiary/aromatic N) is 2. The largest absolute Gasteiger partial charge is 0.394 e. The Labute approximate surface area is 127 Å². The molecule has 2 atom stereocenters. The summed E-state index contributed by atoms with van der Waals surface area (Å²) in [5.41, 5.74) is 1.97. The van der Waals surface area contributed by atoms with Crippen LogP contribution in [0.15, 0.2) is 24.3 Å². The Bertz CT molecular complexity index is 593. The van der Waals surface area contributed by atoms with Crippen molar-refractivity contribution in [2.75, 3.05) is 13.2 Å². The molecule has 0 radical (unpaired) electrons. The van der Waals surface area contributed by atoms with Gasteiger partial charge in [0.05, 0.1) is 17.6 Å². The molecule has 0 bridgehead atoms. The van der Waals surface area contributed by atoms with E-state index in [-0.39, 0.29) is 18.2 Å². The standard InChI is InChI=1S/C17H27N3O/c1-5-16-19-14-9-7-8-10-15(14)20(16)13(3)11-17(4,12-21)18-6-2/h7-10,13,18,21H,5-6,11-12H2,1-4H3. The van der Waals surface area contributed by atoms with Crippen LogP contribution >= 0.6 is 0 Å². The third-order valence-corrected chi connectivity index (χ3v) is 4.12. The minimum atomic E-state index is -0.259. The molecule has 1 aromatic carbocycles. The average molecular weight is 289 g/mol. The third-order valence-electron chi connectivity index (χ3n) is 4.12. The number of hydrogen-bond acceptors (Lipinski definition) is 3. The summed E-state index contributed by atoms with van der Waals surface area (Å²) in [7, 11) is 0. The Morgan fingerprint density at radius 2 is 2.05 bits per heavy atom. The number of para-hydroxylation sites is 2. The number of aryl methyl sites for hydroxylation is 1. The number of aromatic nitrogens is 2. The molecule has 0 aliphatic carbocycles. The maximum atomic E-state index is 9.72. The summed E-state index contributed by atoms with van der Waals surface area (Å²) in [6, 6.07) is 8.56. The number of likely N-dealkylation sites (N-methyl/N-ethyl adjacent to an activating group) is 1. The van der Waals surface area contributed by atoms with Gasteiger partial charge in [0.25, 0.3) is 0 Å². The molecule has 4 heteroatoms. The van der Waals surface area contributed by atoms with E-state index in [1.54, 1.807) is 0 Å². The second-order valence-electron chi connectivity index (χ2n) is 6.04. The summed E-state index contributed by atoms with van der Waals surface area (Å²) in [4.78, 5) is 4.73. The Kier molecular flexibility index (Phi) is 5.01. The molecule has 0 aliphatic rings. The number of hydrogen-bond donors (Lipinski definition) is 2. The van der Waals surface area contributed by atoms with E-state index in [1.165, 1.54) is 5.52 Å². The van der Waals surface area contributed by atoms with E-state index in [1.807, 2.05) is 6.07 Å². The van der Waals surface area contributed by atoms with Crippen molar-refractivity contribution < 1.29 is 5.11 Å². The lowest BCUT2D eigenvalue weighted by Crippen LogP contribution is -2.47. The van der Waals surface area contributed by atoms with Crippen molar-refractivity contribution in [1.29, 1.82) is 0 Å². The molecule has 1 aromatic heterocycles. The molecule has 116 valence electrons. The molecule has 0 fully saturated rings. The fourth-order valence-electron chi connectivity index (χ4n) is 3.20. The van der Waals surface area contributed by atoms with Crippen molar-refractivity contribution in [3.63, 3.8) is 0 Å². The zero-order valence-electron chi connectivity index (χ0n) is 13.6. The highest BCUT2D eigenvalue weighted by atomic mass is 16.3. The summed E-state index contributed by atoms with van der Waals surface area (Å²) in [6.45, 7) is 9.49. The van der Waals surface area contributed by atoms with E-state index in [0.29, 0.717) is 0 Å². The van der Waals surface area contributed by atoms with Gasteiger partial charge in [-0.25, -0.2) is 4.98 Å². The van der Waals surface area contributed by atoms with Crippen LogP contribution in [-0.4, -0.2) is 33.3 Å². The minimum absolute atomic E-state index is 0.138. The fourth-order valence-corrected chi connectivity index (χ4v) is 3.20. The van der Waals surface area contributed by atoms with E-state index in [2.05, 4.69) is 55.8 Å². The zero-order valence-corrected chi connectivity index (χ0v) is 13.6. The van der Waals surface area contributed by atoms with Gasteiger partial charge in [0.1, 0.15) is 5.82 Å². The smallest absolute Gasteiger partial charge is 0.109 e. The van der Waals surface area contributed by atoms with Gasteiger partial charge in [-0.2, -0.15) is 0 Å². The molecule has 1 heterocycles. The lowest BCUT2D eigenvalue weighted by atomic mass is 9.94. The normalized spacial score (nSPS) is 16.0. The Hall–Kier alpha value is -1.39. The molecule has 2 N–H and O–H groups in total. The summed E-state index contributed by atoms with van der Waals surface area (Å²) in [6.07, 6.45) is 1.78. The van der Waals surface area contributed by atoms with Gasteiger partial charge in [0.15, 0.2) is 0 Å². The first-order valence-electron chi connectivity index (χ1n) is 7.86. The number of imidazole rings is 1. The van der Waals surface area contributed by atoms with Crippen LogP contribution in [-0.2, 0) is 6.42 Å². The van der Waals surface area contributed by atoms with Gasteiger partial charge in [-0.1, -0.05) is 26.0 Å². The molecule has 4 nitrogen and oxygen atoms in total. The van der Waals surface area contributed by atoms with E-state index >= 15 is 0 Å². The average Bonchev–Trinajstić information content (AvgIpc) is 2.86. The highest BCUT2D eigenvalue weighted by Crippen LogP contribution is 2.27. The molecule has 21 heavy (non-hydrogen) atoms. The number of aliphatic hydroxyl groups excluding tert-OH is 1. The number of fused-ring (bicyclic) bond motifs is 1. The molecule has 0 aliphatic heterocycles. The van der Waals surface area contributed by atoms with E-state index in [4.69, 9.17) is 4.98 Å². The van der Waals surface area contributed by atoms with Crippen LogP contribution < -0.4 is 5.32 Å². The summed E-state index contributed by atoms with van der Waals surface area (Å²) < 4.78 is 2.32. The Morgan fingerprint density at radius 1 is 1.33 bits per heavy atom. The molecule has 2 rings (SSSR count). The van der Waals surface area contributed by atoms with Gasteiger partial charge in [0.2, 0.25) is 0 Å². The van der Waals surface area contributed by atoms with Crippen molar-refractivity contribution in [3.05, 3.63) is 30.1 Å². The molecule has 0 amide bonds. The summed E-state index contributed by atoms with van der Waals surface area (Å²) in [5.74, 6) is 1.11. The second-order valence-corrected chi connectivity index (χ2v) is 6.04. The van der Waals surface area contributed by atoms with E-state index in [0.717, 1.165) is 30.7 Å². The van der Waals surface area contributed by atoms with Crippen LogP contribution in [0, 0.1) is 0 Å². The molecule has 0 saturated carbocycles. The molecular weight excluding hydrogens is 262 g/mol. The summed E-state index contributed by atoms with van der Waals surface area (Å²) >= 11 is 0. The number of rotatable bonds is 7. The van der Waals surface area contributed by atoms with Crippen LogP contribution in [0.3, 0.4) is 0 Å². The van der Waals surface area contributed by atoms with Crippen LogP contribution in [0.2, 0.25) is 0 Å². The first-order valence-corrected chi connectivity index (χ1v) is 7.86. The summed E-state index contributed by atoms with van der Waals surface area (Å²) in [5, 5.41) is 13.1. The Balaban J connectivity index is 2.36. The van der Waals surface area contributed by atoms with Gasteiger partial charge >= 0.3 is 0 Å². The molecule has 0 saturated heterocycles. The maximum Gasteiger partial charge on any atom is 0.109 e. The molecule has 0 spiro atoms. The highest BCUT2D eigenvalue weighted by molar-refractivity contribution is 5.76. The highest BCUT2D eigenvalue weighted by Gasteiger charge is 2.27. The SMILES string of the molecule is CCNC(C)(CO)CC(C)n1c(CC)nc2ccccc21. The van der Waals surface area contributed by atoms with Gasteiger partial charge in [-0.15, -0.1) is 0 Å². The van der Waals surface area contributed by atoms with Crippen molar-refractivity contribution in [2.24, 2.45) is 0 Å². The Morgan fingerprint density at radius 3 is 2.67 bits per heavy atom. The third kappa shape index (κ3) is 3.27. The minimum Gasteiger partial charge on any atom is -0.394 e. The van der Waals surface area contributed by atoms with Gasteiger partial charge in [0, 0.05) is 18.0 Å². The van der Waals surface area contributed by atoms with Crippen molar-refractivity contribution in [1.82, 2.24) is 14.9 Å². The lowest BCUT2D eigenvalue weighted by molar-refractivity contribution is 0.153. The van der Waals surface area contributed by atoms with E-state index in [9.17, 15) is 5.11 Å². The van der Waals surface area contributed by atoms with Crippen molar-refractivity contribution >= 4 is 11.0 Å². The first-order chi connectivity index (χ1) is 10.0. The first kappa shape index (κ1) is 16.0. The molecular formula is C17H27N3O. The van der Waals surface area contributed by atoms with Crippen LogP contribution in [0.1, 0.15) is 46.0 Å². The predicted octanol–water partition coefficient (Wildman–Crippen LogP) is 2.91. The predicted molar refractivity (Wildman–Crippen MR) is 87.6 cm³/mol. The van der Waals surface area contributed by atoms with Crippen LogP contribution in [0.4, 0.5) is 0 Å². The fraction of sp³-hybridized carbons (Fsp3) is 0.588. The maximum absolute atomic E-state index is 9.72.